The number of ketones is 2. The van der Waals surface area contributed by atoms with Crippen LogP contribution in [-0.2, 0) is 4.79 Å². The van der Waals surface area contributed by atoms with Gasteiger partial charge in [0.15, 0.2) is 0 Å². The molecule has 0 atom stereocenters. The number of carbonyl (C=O) groups excluding carboxylic acids is 2. The van der Waals surface area contributed by atoms with E-state index in [2.05, 4.69) is 0 Å². The first kappa shape index (κ1) is 11.9. The summed E-state index contributed by atoms with van der Waals surface area (Å²) in [7, 11) is 0. The lowest BCUT2D eigenvalue weighted by Crippen LogP contribution is -2.15. The standard InChI is InChI=1S/C18H10O3/c19-15-3-1-10-5-12-6-11-2-4-17(20)18(21)16(11)9-14(12)7-13(10)8-15/h1-9,19H. The van der Waals surface area contributed by atoms with E-state index in [1.807, 2.05) is 24.3 Å². The minimum atomic E-state index is -0.486. The van der Waals surface area contributed by atoms with E-state index in [4.69, 9.17) is 0 Å². The molecule has 1 N–H and O–H groups in total. The van der Waals surface area contributed by atoms with Crippen molar-refractivity contribution in [2.24, 2.45) is 0 Å². The molecule has 0 unspecified atom stereocenters. The van der Waals surface area contributed by atoms with Crippen molar-refractivity contribution in [2.75, 3.05) is 0 Å². The van der Waals surface area contributed by atoms with Crippen LogP contribution in [0.15, 0.2) is 48.5 Å². The predicted octanol–water partition coefficient (Wildman–Crippen LogP) is 3.48. The minimum Gasteiger partial charge on any atom is -0.508 e. The van der Waals surface area contributed by atoms with Crippen LogP contribution < -0.4 is 0 Å². The Labute approximate surface area is 120 Å². The number of hydrogen-bond acceptors (Lipinski definition) is 3. The molecule has 0 bridgehead atoms. The van der Waals surface area contributed by atoms with Gasteiger partial charge in [-0.05, 0) is 69.6 Å². The summed E-state index contributed by atoms with van der Waals surface area (Å²) in [6.45, 7) is 0. The van der Waals surface area contributed by atoms with Crippen molar-refractivity contribution in [2.45, 2.75) is 0 Å². The van der Waals surface area contributed by atoms with E-state index < -0.39 is 11.6 Å². The number of aromatic hydroxyl groups is 1. The molecule has 3 heteroatoms. The topological polar surface area (TPSA) is 54.4 Å². The molecule has 1 aliphatic carbocycles. The zero-order valence-electron chi connectivity index (χ0n) is 11.0. The van der Waals surface area contributed by atoms with E-state index in [-0.39, 0.29) is 5.75 Å². The number of carbonyl (C=O) groups is 2. The van der Waals surface area contributed by atoms with Gasteiger partial charge in [0.05, 0.1) is 0 Å². The highest BCUT2D eigenvalue weighted by atomic mass is 16.3. The maximum atomic E-state index is 11.9. The zero-order chi connectivity index (χ0) is 14.6. The highest BCUT2D eigenvalue weighted by molar-refractivity contribution is 6.50. The number of hydrogen-bond donors (Lipinski definition) is 1. The quantitative estimate of drug-likeness (QED) is 0.504. The fourth-order valence-corrected chi connectivity index (χ4v) is 2.76. The molecule has 4 rings (SSSR count). The van der Waals surface area contributed by atoms with Crippen molar-refractivity contribution >= 4 is 39.2 Å². The third-order valence-electron chi connectivity index (χ3n) is 3.83. The largest absolute Gasteiger partial charge is 0.508 e. The van der Waals surface area contributed by atoms with Crippen molar-refractivity contribution in [1.82, 2.24) is 0 Å². The normalized spacial score (nSPS) is 13.9. The Morgan fingerprint density at radius 3 is 2.29 bits per heavy atom. The van der Waals surface area contributed by atoms with Crippen LogP contribution >= 0.6 is 0 Å². The van der Waals surface area contributed by atoms with Crippen molar-refractivity contribution in [3.8, 4) is 5.75 Å². The van der Waals surface area contributed by atoms with E-state index in [0.29, 0.717) is 5.56 Å². The number of Topliss-reactive ketones (excluding diaryl/α,β-unsaturated/α-hetero) is 1. The van der Waals surface area contributed by atoms with Gasteiger partial charge >= 0.3 is 0 Å². The van der Waals surface area contributed by atoms with Crippen molar-refractivity contribution in [3.05, 3.63) is 59.7 Å². The van der Waals surface area contributed by atoms with Crippen molar-refractivity contribution in [3.63, 3.8) is 0 Å². The second kappa shape index (κ2) is 4.03. The summed E-state index contributed by atoms with van der Waals surface area (Å²) in [4.78, 5) is 23.4. The maximum absolute atomic E-state index is 11.9. The van der Waals surface area contributed by atoms with Gasteiger partial charge in [0.25, 0.3) is 0 Å². The molecule has 0 spiro atoms. The Hall–Kier alpha value is -2.94. The van der Waals surface area contributed by atoms with E-state index in [1.165, 1.54) is 6.08 Å². The number of phenolic OH excluding ortho intramolecular Hbond substituents is 1. The zero-order valence-corrected chi connectivity index (χ0v) is 11.0. The van der Waals surface area contributed by atoms with Gasteiger partial charge in [-0.2, -0.15) is 0 Å². The average molecular weight is 274 g/mol. The first-order valence-corrected chi connectivity index (χ1v) is 6.59. The molecule has 0 amide bonds. The fourth-order valence-electron chi connectivity index (χ4n) is 2.76. The molecule has 0 saturated carbocycles. The molecule has 3 nitrogen and oxygen atoms in total. The molecular formula is C18H10O3. The third-order valence-corrected chi connectivity index (χ3v) is 3.83. The average Bonchev–Trinajstić information content (AvgIpc) is 2.48. The smallest absolute Gasteiger partial charge is 0.233 e. The van der Waals surface area contributed by atoms with Gasteiger partial charge < -0.3 is 5.11 Å². The van der Waals surface area contributed by atoms with Gasteiger partial charge in [-0.3, -0.25) is 9.59 Å². The van der Waals surface area contributed by atoms with Crippen LogP contribution in [-0.4, -0.2) is 16.7 Å². The summed E-state index contributed by atoms with van der Waals surface area (Å²) in [6, 6.07) is 12.8. The maximum Gasteiger partial charge on any atom is 0.233 e. The van der Waals surface area contributed by atoms with Crippen LogP contribution in [0.25, 0.3) is 27.6 Å². The summed E-state index contributed by atoms with van der Waals surface area (Å²) in [5.41, 5.74) is 1.21. The van der Waals surface area contributed by atoms with Crippen molar-refractivity contribution in [1.29, 1.82) is 0 Å². The molecule has 21 heavy (non-hydrogen) atoms. The van der Waals surface area contributed by atoms with Crippen LogP contribution in [0, 0.1) is 0 Å². The molecule has 0 saturated heterocycles. The van der Waals surface area contributed by atoms with Crippen LogP contribution in [0.5, 0.6) is 5.75 Å². The summed E-state index contributed by atoms with van der Waals surface area (Å²) in [5.74, 6) is -0.750. The molecule has 0 heterocycles. The van der Waals surface area contributed by atoms with Crippen LogP contribution in [0.1, 0.15) is 15.9 Å². The van der Waals surface area contributed by atoms with E-state index in [0.717, 1.165) is 27.1 Å². The molecule has 0 radical (unpaired) electrons. The second-order valence-electron chi connectivity index (χ2n) is 5.20. The summed E-state index contributed by atoms with van der Waals surface area (Å²) < 4.78 is 0. The van der Waals surface area contributed by atoms with Gasteiger partial charge in [0, 0.05) is 5.56 Å². The number of phenols is 1. The predicted molar refractivity (Wildman–Crippen MR) is 81.5 cm³/mol. The van der Waals surface area contributed by atoms with Gasteiger partial charge in [0.1, 0.15) is 5.75 Å². The van der Waals surface area contributed by atoms with Gasteiger partial charge in [0.2, 0.25) is 11.6 Å². The van der Waals surface area contributed by atoms with Crippen LogP contribution in [0.3, 0.4) is 0 Å². The van der Waals surface area contributed by atoms with Crippen LogP contribution in [0.2, 0.25) is 0 Å². The lowest BCUT2D eigenvalue weighted by atomic mass is 9.91. The molecule has 0 aliphatic heterocycles. The molecule has 0 fully saturated rings. The lowest BCUT2D eigenvalue weighted by molar-refractivity contribution is -0.110. The Morgan fingerprint density at radius 1 is 0.714 bits per heavy atom. The Morgan fingerprint density at radius 2 is 1.43 bits per heavy atom. The summed E-state index contributed by atoms with van der Waals surface area (Å²) >= 11 is 0. The lowest BCUT2D eigenvalue weighted by Gasteiger charge is -2.11. The first-order valence-electron chi connectivity index (χ1n) is 6.59. The molecule has 3 aromatic rings. The van der Waals surface area contributed by atoms with E-state index in [1.54, 1.807) is 24.3 Å². The molecule has 1 aliphatic rings. The Kier molecular flexibility index (Phi) is 2.27. The number of allylic oxidation sites excluding steroid dienone is 1. The molecule has 0 aromatic heterocycles. The van der Waals surface area contributed by atoms with Crippen molar-refractivity contribution < 1.29 is 14.7 Å². The second-order valence-corrected chi connectivity index (χ2v) is 5.20. The minimum absolute atomic E-state index is 0.203. The summed E-state index contributed by atoms with van der Waals surface area (Å²) in [5, 5.41) is 13.4. The fraction of sp³-hybridized carbons (Fsp3) is 0. The molecule has 3 aromatic carbocycles. The molecular weight excluding hydrogens is 264 g/mol. The SMILES string of the molecule is O=C1C=Cc2cc3cc4ccc(O)cc4cc3cc2C1=O. The highest BCUT2D eigenvalue weighted by Crippen LogP contribution is 2.29. The Balaban J connectivity index is 2.07. The number of fused-ring (bicyclic) bond motifs is 3. The number of rotatable bonds is 0. The van der Waals surface area contributed by atoms with E-state index >= 15 is 0 Å². The first-order chi connectivity index (χ1) is 10.1. The third kappa shape index (κ3) is 1.75. The number of benzene rings is 3. The Bertz CT molecular complexity index is 981. The van der Waals surface area contributed by atoms with Gasteiger partial charge in [-0.1, -0.05) is 12.1 Å². The van der Waals surface area contributed by atoms with Gasteiger partial charge in [-0.25, -0.2) is 0 Å². The highest BCUT2D eigenvalue weighted by Gasteiger charge is 2.21. The molecule has 100 valence electrons. The summed E-state index contributed by atoms with van der Waals surface area (Å²) in [6.07, 6.45) is 3.00. The van der Waals surface area contributed by atoms with Gasteiger partial charge in [-0.15, -0.1) is 0 Å². The monoisotopic (exact) mass is 274 g/mol. The van der Waals surface area contributed by atoms with Crippen LogP contribution in [0.4, 0.5) is 0 Å². The van der Waals surface area contributed by atoms with E-state index in [9.17, 15) is 14.7 Å².